The van der Waals surface area contributed by atoms with Crippen molar-refractivity contribution in [1.82, 2.24) is 4.90 Å². The number of hydrogen-bond donors (Lipinski definition) is 0. The molecule has 0 spiro atoms. The summed E-state index contributed by atoms with van der Waals surface area (Å²) in [4.78, 5) is 27.5. The maximum absolute atomic E-state index is 12.0. The van der Waals surface area contributed by atoms with E-state index in [0.29, 0.717) is 18.7 Å². The molecule has 0 aliphatic rings. The Hall–Kier alpha value is -2.30. The second-order valence-corrected chi connectivity index (χ2v) is 5.39. The first-order chi connectivity index (χ1) is 10.3. The van der Waals surface area contributed by atoms with E-state index in [-0.39, 0.29) is 12.5 Å². The minimum atomic E-state index is -0.497. The third kappa shape index (κ3) is 5.24. The summed E-state index contributed by atoms with van der Waals surface area (Å²) in [6.45, 7) is 8.29. The molecule has 0 aliphatic heterocycles. The molecule has 5 nitrogen and oxygen atoms in total. The van der Waals surface area contributed by atoms with Gasteiger partial charge in [-0.25, -0.2) is 4.79 Å². The van der Waals surface area contributed by atoms with Crippen molar-refractivity contribution in [2.75, 3.05) is 38.7 Å². The summed E-state index contributed by atoms with van der Waals surface area (Å²) >= 11 is 0. The molecule has 0 saturated heterocycles. The standard InChI is InChI=1S/C17H24N2O3/c1-6-19(11-13(2)3)16(20)12-22-17(21)14-8-7-9-15(10-14)18(4)5/h7-10H,2,6,11-12H2,1,3-5H3. The molecule has 22 heavy (non-hydrogen) atoms. The van der Waals surface area contributed by atoms with Gasteiger partial charge in [0.15, 0.2) is 6.61 Å². The number of benzene rings is 1. The van der Waals surface area contributed by atoms with E-state index in [1.165, 1.54) is 0 Å². The second kappa shape index (κ2) is 8.22. The topological polar surface area (TPSA) is 49.9 Å². The zero-order chi connectivity index (χ0) is 16.7. The SMILES string of the molecule is C=C(C)CN(CC)C(=O)COC(=O)c1cccc(N(C)C)c1. The monoisotopic (exact) mass is 304 g/mol. The second-order valence-electron chi connectivity index (χ2n) is 5.39. The van der Waals surface area contributed by atoms with Crippen molar-refractivity contribution in [3.63, 3.8) is 0 Å². The van der Waals surface area contributed by atoms with Gasteiger partial charge in [0, 0.05) is 32.9 Å². The average Bonchev–Trinajstić information content (AvgIpc) is 2.49. The van der Waals surface area contributed by atoms with E-state index in [2.05, 4.69) is 6.58 Å². The molecule has 0 saturated carbocycles. The summed E-state index contributed by atoms with van der Waals surface area (Å²) in [5.74, 6) is -0.717. The fraction of sp³-hybridized carbons (Fsp3) is 0.412. The fourth-order valence-electron chi connectivity index (χ4n) is 1.92. The van der Waals surface area contributed by atoms with E-state index in [4.69, 9.17) is 4.74 Å². The molecule has 0 aliphatic carbocycles. The molecule has 0 unspecified atom stereocenters. The van der Waals surface area contributed by atoms with E-state index >= 15 is 0 Å². The fourth-order valence-corrected chi connectivity index (χ4v) is 1.92. The largest absolute Gasteiger partial charge is 0.452 e. The van der Waals surface area contributed by atoms with Crippen LogP contribution in [0.3, 0.4) is 0 Å². The van der Waals surface area contributed by atoms with Gasteiger partial charge in [0.25, 0.3) is 5.91 Å². The molecule has 0 atom stereocenters. The number of likely N-dealkylation sites (N-methyl/N-ethyl adjacent to an activating group) is 1. The number of anilines is 1. The Morgan fingerprint density at radius 3 is 2.50 bits per heavy atom. The van der Waals surface area contributed by atoms with Crippen LogP contribution in [0.2, 0.25) is 0 Å². The predicted octanol–water partition coefficient (Wildman–Crippen LogP) is 2.33. The summed E-state index contributed by atoms with van der Waals surface area (Å²) in [5.41, 5.74) is 2.22. The molecule has 0 heterocycles. The van der Waals surface area contributed by atoms with Crippen molar-refractivity contribution >= 4 is 17.6 Å². The van der Waals surface area contributed by atoms with Crippen molar-refractivity contribution in [2.45, 2.75) is 13.8 Å². The molecule has 1 aromatic rings. The highest BCUT2D eigenvalue weighted by Crippen LogP contribution is 2.14. The number of carbonyl (C=O) groups excluding carboxylic acids is 2. The van der Waals surface area contributed by atoms with Gasteiger partial charge in [-0.3, -0.25) is 4.79 Å². The lowest BCUT2D eigenvalue weighted by Crippen LogP contribution is -2.35. The van der Waals surface area contributed by atoms with Gasteiger partial charge in [-0.1, -0.05) is 18.2 Å². The molecule has 0 fully saturated rings. The Morgan fingerprint density at radius 1 is 1.27 bits per heavy atom. The molecule has 0 aromatic heterocycles. The maximum Gasteiger partial charge on any atom is 0.338 e. The molecule has 5 heteroatoms. The lowest BCUT2D eigenvalue weighted by Gasteiger charge is -2.20. The Labute approximate surface area is 132 Å². The summed E-state index contributed by atoms with van der Waals surface area (Å²) in [7, 11) is 3.79. The summed E-state index contributed by atoms with van der Waals surface area (Å²) in [6, 6.07) is 7.09. The van der Waals surface area contributed by atoms with E-state index in [1.807, 2.05) is 38.9 Å². The minimum absolute atomic E-state index is 0.220. The van der Waals surface area contributed by atoms with Crippen LogP contribution in [-0.2, 0) is 9.53 Å². The van der Waals surface area contributed by atoms with Crippen LogP contribution >= 0.6 is 0 Å². The molecule has 0 radical (unpaired) electrons. The molecule has 120 valence electrons. The van der Waals surface area contributed by atoms with Crippen molar-refractivity contribution in [3.8, 4) is 0 Å². The van der Waals surface area contributed by atoms with Crippen LogP contribution in [0.25, 0.3) is 0 Å². The van der Waals surface area contributed by atoms with Crippen LogP contribution in [0.5, 0.6) is 0 Å². The molecule has 1 aromatic carbocycles. The number of ether oxygens (including phenoxy) is 1. The van der Waals surface area contributed by atoms with Gasteiger partial charge in [0.05, 0.1) is 5.56 Å². The van der Waals surface area contributed by atoms with E-state index in [9.17, 15) is 9.59 Å². The van der Waals surface area contributed by atoms with E-state index in [0.717, 1.165) is 11.3 Å². The molecule has 1 rings (SSSR count). The first-order valence-electron chi connectivity index (χ1n) is 7.21. The van der Waals surface area contributed by atoms with Crippen LogP contribution < -0.4 is 4.90 Å². The Kier molecular flexibility index (Phi) is 6.63. The third-order valence-corrected chi connectivity index (χ3v) is 3.12. The molecule has 0 N–H and O–H groups in total. The summed E-state index contributed by atoms with van der Waals surface area (Å²) < 4.78 is 5.11. The van der Waals surface area contributed by atoms with Crippen LogP contribution in [0, 0.1) is 0 Å². The van der Waals surface area contributed by atoms with Crippen molar-refractivity contribution in [3.05, 3.63) is 42.0 Å². The predicted molar refractivity (Wildman–Crippen MR) is 88.1 cm³/mol. The highest BCUT2D eigenvalue weighted by atomic mass is 16.5. The van der Waals surface area contributed by atoms with Crippen LogP contribution in [-0.4, -0.2) is 50.6 Å². The first kappa shape index (κ1) is 17.8. The number of esters is 1. The first-order valence-corrected chi connectivity index (χ1v) is 7.21. The number of carbonyl (C=O) groups is 2. The van der Waals surface area contributed by atoms with Gasteiger partial charge >= 0.3 is 5.97 Å². The summed E-state index contributed by atoms with van der Waals surface area (Å²) in [6.07, 6.45) is 0. The Morgan fingerprint density at radius 2 is 1.95 bits per heavy atom. The lowest BCUT2D eigenvalue weighted by atomic mass is 10.2. The van der Waals surface area contributed by atoms with Gasteiger partial charge in [0.1, 0.15) is 0 Å². The highest BCUT2D eigenvalue weighted by Gasteiger charge is 2.15. The van der Waals surface area contributed by atoms with E-state index in [1.54, 1.807) is 23.1 Å². The Bertz CT molecular complexity index is 553. The van der Waals surface area contributed by atoms with Crippen LogP contribution in [0.15, 0.2) is 36.4 Å². The van der Waals surface area contributed by atoms with Crippen molar-refractivity contribution in [1.29, 1.82) is 0 Å². The van der Waals surface area contributed by atoms with Gasteiger partial charge < -0.3 is 14.5 Å². The molecule has 0 bridgehead atoms. The molecular formula is C17H24N2O3. The number of hydrogen-bond acceptors (Lipinski definition) is 4. The minimum Gasteiger partial charge on any atom is -0.452 e. The molecule has 1 amide bonds. The maximum atomic E-state index is 12.0. The normalized spacial score (nSPS) is 10.0. The smallest absolute Gasteiger partial charge is 0.338 e. The Balaban J connectivity index is 2.63. The zero-order valence-electron chi connectivity index (χ0n) is 13.8. The van der Waals surface area contributed by atoms with Gasteiger partial charge in [-0.15, -0.1) is 0 Å². The van der Waals surface area contributed by atoms with Crippen LogP contribution in [0.4, 0.5) is 5.69 Å². The quantitative estimate of drug-likeness (QED) is 0.573. The van der Waals surface area contributed by atoms with Gasteiger partial charge in [0.2, 0.25) is 0 Å². The number of nitrogens with zero attached hydrogens (tertiary/aromatic N) is 2. The highest BCUT2D eigenvalue weighted by molar-refractivity contribution is 5.92. The number of rotatable bonds is 7. The van der Waals surface area contributed by atoms with Crippen LogP contribution in [0.1, 0.15) is 24.2 Å². The third-order valence-electron chi connectivity index (χ3n) is 3.12. The van der Waals surface area contributed by atoms with Gasteiger partial charge in [-0.05, 0) is 32.0 Å². The van der Waals surface area contributed by atoms with Crippen molar-refractivity contribution in [2.24, 2.45) is 0 Å². The zero-order valence-corrected chi connectivity index (χ0v) is 13.8. The average molecular weight is 304 g/mol. The molecular weight excluding hydrogens is 280 g/mol. The van der Waals surface area contributed by atoms with Crippen molar-refractivity contribution < 1.29 is 14.3 Å². The lowest BCUT2D eigenvalue weighted by molar-refractivity contribution is -0.133. The van der Waals surface area contributed by atoms with E-state index < -0.39 is 5.97 Å². The summed E-state index contributed by atoms with van der Waals surface area (Å²) in [5, 5.41) is 0. The number of amides is 1. The van der Waals surface area contributed by atoms with Gasteiger partial charge in [-0.2, -0.15) is 0 Å².